The average molecular weight is 401 g/mol. The summed E-state index contributed by atoms with van der Waals surface area (Å²) < 4.78 is 11.3. The molecule has 2 rings (SSSR count). The molecule has 0 amide bonds. The highest BCUT2D eigenvalue weighted by atomic mass is 16.5. The molecule has 5 nitrogen and oxygen atoms in total. The molecular formula is C24H36N2O3. The van der Waals surface area contributed by atoms with E-state index in [0.717, 1.165) is 30.2 Å². The number of carbonyl (C=O) groups is 1. The van der Waals surface area contributed by atoms with Gasteiger partial charge in [0.25, 0.3) is 0 Å². The summed E-state index contributed by atoms with van der Waals surface area (Å²) in [5.74, 6) is 0.726. The second-order valence-electron chi connectivity index (χ2n) is 7.56. The Bertz CT molecular complexity index is 684. The Morgan fingerprint density at radius 1 is 1.17 bits per heavy atom. The third-order valence-corrected chi connectivity index (χ3v) is 4.87. The number of hydrogen-bond donors (Lipinski definition) is 0. The molecule has 1 aromatic rings. The zero-order chi connectivity index (χ0) is 20.9. The van der Waals surface area contributed by atoms with Crippen molar-refractivity contribution in [3.63, 3.8) is 0 Å². The van der Waals surface area contributed by atoms with E-state index in [1.54, 1.807) is 6.92 Å². The normalized spacial score (nSPS) is 14.4. The standard InChI is InChI=1S/C24H36N2O3/c1-4-6-7-8-9-10-16-28-23-13-11-12-22(18-23)26-15-14-25-21(19-26)17-20(3)29-24(27)5-2/h11-14,18-20H,4-10,15-17H2,1-3H3. The van der Waals surface area contributed by atoms with Gasteiger partial charge >= 0.3 is 5.97 Å². The fourth-order valence-corrected chi connectivity index (χ4v) is 3.27. The first kappa shape index (κ1) is 23.0. The Morgan fingerprint density at radius 2 is 1.97 bits per heavy atom. The van der Waals surface area contributed by atoms with E-state index in [1.807, 2.05) is 31.5 Å². The molecule has 0 aromatic heterocycles. The zero-order valence-corrected chi connectivity index (χ0v) is 18.2. The summed E-state index contributed by atoms with van der Waals surface area (Å²) >= 11 is 0. The highest BCUT2D eigenvalue weighted by molar-refractivity contribution is 5.71. The molecule has 1 heterocycles. The third kappa shape index (κ3) is 8.71. The number of esters is 1. The van der Waals surface area contributed by atoms with Gasteiger partial charge in [-0.25, -0.2) is 0 Å². The molecule has 0 fully saturated rings. The van der Waals surface area contributed by atoms with Gasteiger partial charge in [-0.1, -0.05) is 52.0 Å². The Hall–Kier alpha value is -2.30. The smallest absolute Gasteiger partial charge is 0.305 e. The number of carbonyl (C=O) groups excluding carboxylic acids is 1. The molecule has 0 saturated carbocycles. The van der Waals surface area contributed by atoms with Crippen molar-refractivity contribution in [3.8, 4) is 5.75 Å². The van der Waals surface area contributed by atoms with Crippen molar-refractivity contribution in [1.82, 2.24) is 0 Å². The predicted octanol–water partition coefficient (Wildman–Crippen LogP) is 5.89. The van der Waals surface area contributed by atoms with Crippen molar-refractivity contribution in [2.24, 2.45) is 4.99 Å². The van der Waals surface area contributed by atoms with Gasteiger partial charge in [-0.05, 0) is 25.5 Å². The zero-order valence-electron chi connectivity index (χ0n) is 18.2. The topological polar surface area (TPSA) is 51.1 Å². The molecule has 1 aliphatic heterocycles. The molecule has 160 valence electrons. The number of aliphatic imine (C=N–C) groups is 1. The van der Waals surface area contributed by atoms with Crippen LogP contribution in [0.15, 0.2) is 41.2 Å². The molecule has 1 aromatic carbocycles. The lowest BCUT2D eigenvalue weighted by Gasteiger charge is -2.24. The fourth-order valence-electron chi connectivity index (χ4n) is 3.27. The van der Waals surface area contributed by atoms with Crippen LogP contribution >= 0.6 is 0 Å². The van der Waals surface area contributed by atoms with Gasteiger partial charge in [0.1, 0.15) is 11.9 Å². The quantitative estimate of drug-likeness (QED) is 0.306. The van der Waals surface area contributed by atoms with E-state index in [4.69, 9.17) is 9.47 Å². The molecule has 0 radical (unpaired) electrons. The van der Waals surface area contributed by atoms with E-state index in [-0.39, 0.29) is 12.1 Å². The molecule has 29 heavy (non-hydrogen) atoms. The Labute approximate surface area is 175 Å². The first-order valence-corrected chi connectivity index (χ1v) is 11.0. The monoisotopic (exact) mass is 400 g/mol. The molecule has 0 saturated heterocycles. The molecule has 1 atom stereocenters. The van der Waals surface area contributed by atoms with Gasteiger partial charge in [-0.3, -0.25) is 9.79 Å². The summed E-state index contributed by atoms with van der Waals surface area (Å²) in [5, 5.41) is 0. The minimum atomic E-state index is -0.183. The van der Waals surface area contributed by atoms with Crippen LogP contribution in [0.25, 0.3) is 0 Å². The molecule has 0 N–H and O–H groups in total. The van der Waals surface area contributed by atoms with Crippen molar-refractivity contribution in [2.45, 2.75) is 78.2 Å². The van der Waals surface area contributed by atoms with Gasteiger partial charge in [0.05, 0.1) is 18.8 Å². The summed E-state index contributed by atoms with van der Waals surface area (Å²) in [6.45, 7) is 7.42. The van der Waals surface area contributed by atoms with Crippen LogP contribution in [0.5, 0.6) is 5.75 Å². The van der Waals surface area contributed by atoms with Crippen LogP contribution < -0.4 is 9.64 Å². The highest BCUT2D eigenvalue weighted by Gasteiger charge is 2.14. The van der Waals surface area contributed by atoms with Crippen LogP contribution in [-0.2, 0) is 9.53 Å². The number of rotatable bonds is 13. The Kier molecular flexibility index (Phi) is 10.3. The maximum absolute atomic E-state index is 11.5. The van der Waals surface area contributed by atoms with Crippen molar-refractivity contribution in [2.75, 3.05) is 18.1 Å². The van der Waals surface area contributed by atoms with E-state index in [2.05, 4.69) is 28.9 Å². The van der Waals surface area contributed by atoms with Gasteiger partial charge in [-0.2, -0.15) is 0 Å². The number of anilines is 1. The van der Waals surface area contributed by atoms with Crippen LogP contribution in [-0.4, -0.2) is 31.4 Å². The highest BCUT2D eigenvalue weighted by Crippen LogP contribution is 2.24. The number of nitrogens with zero attached hydrogens (tertiary/aromatic N) is 2. The lowest BCUT2D eigenvalue weighted by atomic mass is 10.1. The Balaban J connectivity index is 1.84. The average Bonchev–Trinajstić information content (AvgIpc) is 2.73. The second-order valence-corrected chi connectivity index (χ2v) is 7.56. The van der Waals surface area contributed by atoms with E-state index in [1.165, 1.54) is 32.1 Å². The molecule has 0 bridgehead atoms. The second kappa shape index (κ2) is 13.0. The number of benzene rings is 1. The van der Waals surface area contributed by atoms with Gasteiger partial charge in [0.2, 0.25) is 0 Å². The van der Waals surface area contributed by atoms with Crippen molar-refractivity contribution >= 4 is 17.9 Å². The van der Waals surface area contributed by atoms with Crippen LogP contribution in [0, 0.1) is 0 Å². The van der Waals surface area contributed by atoms with Gasteiger partial charge in [0, 0.05) is 37.0 Å². The SMILES string of the molecule is CCCCCCCCOc1cccc(N2C=C(CC(C)OC(=O)CC)N=CC2)c1. The van der Waals surface area contributed by atoms with E-state index in [0.29, 0.717) is 19.4 Å². The summed E-state index contributed by atoms with van der Waals surface area (Å²) in [4.78, 5) is 18.1. The van der Waals surface area contributed by atoms with Gasteiger partial charge in [0.15, 0.2) is 0 Å². The van der Waals surface area contributed by atoms with Crippen molar-refractivity contribution < 1.29 is 14.3 Å². The predicted molar refractivity (Wildman–Crippen MR) is 120 cm³/mol. The lowest BCUT2D eigenvalue weighted by molar-refractivity contribution is -0.147. The molecule has 0 aliphatic carbocycles. The molecule has 1 unspecified atom stereocenters. The number of unbranched alkanes of at least 4 members (excludes halogenated alkanes) is 5. The minimum Gasteiger partial charge on any atom is -0.494 e. The third-order valence-electron chi connectivity index (χ3n) is 4.87. The number of ether oxygens (including phenoxy) is 2. The minimum absolute atomic E-state index is 0.176. The summed E-state index contributed by atoms with van der Waals surface area (Å²) in [6, 6.07) is 8.18. The Morgan fingerprint density at radius 3 is 2.76 bits per heavy atom. The summed E-state index contributed by atoms with van der Waals surface area (Å²) in [5.41, 5.74) is 1.98. The molecule has 5 heteroatoms. The molecular weight excluding hydrogens is 364 g/mol. The van der Waals surface area contributed by atoms with Crippen molar-refractivity contribution in [1.29, 1.82) is 0 Å². The van der Waals surface area contributed by atoms with E-state index >= 15 is 0 Å². The first-order valence-electron chi connectivity index (χ1n) is 11.0. The van der Waals surface area contributed by atoms with E-state index < -0.39 is 0 Å². The van der Waals surface area contributed by atoms with Gasteiger partial charge in [-0.15, -0.1) is 0 Å². The maximum Gasteiger partial charge on any atom is 0.305 e. The van der Waals surface area contributed by atoms with Crippen LogP contribution in [0.2, 0.25) is 0 Å². The summed E-state index contributed by atoms with van der Waals surface area (Å²) in [7, 11) is 0. The molecule has 1 aliphatic rings. The maximum atomic E-state index is 11.5. The largest absolute Gasteiger partial charge is 0.494 e. The lowest BCUT2D eigenvalue weighted by Crippen LogP contribution is -2.23. The van der Waals surface area contributed by atoms with Crippen LogP contribution in [0.3, 0.4) is 0 Å². The van der Waals surface area contributed by atoms with Crippen molar-refractivity contribution in [3.05, 3.63) is 36.2 Å². The first-order chi connectivity index (χ1) is 14.1. The molecule has 0 spiro atoms. The van der Waals surface area contributed by atoms with Crippen LogP contribution in [0.4, 0.5) is 5.69 Å². The fraction of sp³-hybridized carbons (Fsp3) is 0.583. The number of hydrogen-bond acceptors (Lipinski definition) is 5. The van der Waals surface area contributed by atoms with Gasteiger partial charge < -0.3 is 14.4 Å². The summed E-state index contributed by atoms with van der Waals surface area (Å²) in [6.07, 6.45) is 12.3. The van der Waals surface area contributed by atoms with Crippen LogP contribution in [0.1, 0.15) is 72.1 Å². The van der Waals surface area contributed by atoms with E-state index in [9.17, 15) is 4.79 Å².